The van der Waals surface area contributed by atoms with Crippen LogP contribution in [0.2, 0.25) is 0 Å². The molecular formula is C22H24BrN5O4S. The zero-order chi connectivity index (χ0) is 23.8. The molecule has 0 unspecified atom stereocenters. The summed E-state index contributed by atoms with van der Waals surface area (Å²) in [4.78, 5) is 24.9. The number of aromatic nitrogens is 3. The van der Waals surface area contributed by atoms with Crippen molar-refractivity contribution in [3.8, 4) is 11.5 Å². The van der Waals surface area contributed by atoms with Crippen molar-refractivity contribution >= 4 is 45.2 Å². The van der Waals surface area contributed by atoms with E-state index in [-0.39, 0.29) is 24.1 Å². The van der Waals surface area contributed by atoms with E-state index in [4.69, 9.17) is 9.47 Å². The minimum atomic E-state index is -0.274. The largest absolute Gasteiger partial charge is 0.493 e. The number of methoxy groups -OCH3 is 2. The smallest absolute Gasteiger partial charge is 0.251 e. The standard InChI is InChI=1S/C22H24BrN5O4S/c1-4-28-19(12-24-21(30)14-8-9-17(31-2)18(10-14)32-3)26-27-22(28)33-13-20(29)25-16-7-5-6-15(23)11-16/h5-11H,4,12-13H2,1-3H3,(H,24,30)(H,25,29). The maximum absolute atomic E-state index is 12.6. The Morgan fingerprint density at radius 3 is 2.58 bits per heavy atom. The number of amides is 2. The van der Waals surface area contributed by atoms with E-state index in [0.29, 0.717) is 40.3 Å². The summed E-state index contributed by atoms with van der Waals surface area (Å²) < 4.78 is 13.2. The fourth-order valence-corrected chi connectivity index (χ4v) is 4.23. The van der Waals surface area contributed by atoms with Crippen LogP contribution in [0.5, 0.6) is 11.5 Å². The minimum Gasteiger partial charge on any atom is -0.493 e. The Morgan fingerprint density at radius 2 is 1.88 bits per heavy atom. The van der Waals surface area contributed by atoms with Crippen molar-refractivity contribution in [2.75, 3.05) is 25.3 Å². The molecule has 2 amide bonds. The van der Waals surface area contributed by atoms with Crippen molar-refractivity contribution in [1.29, 1.82) is 0 Å². The molecule has 33 heavy (non-hydrogen) atoms. The molecule has 174 valence electrons. The van der Waals surface area contributed by atoms with Crippen LogP contribution in [0.25, 0.3) is 0 Å². The first-order valence-electron chi connectivity index (χ1n) is 10.1. The monoisotopic (exact) mass is 533 g/mol. The van der Waals surface area contributed by atoms with Gasteiger partial charge in [-0.1, -0.05) is 33.8 Å². The Bertz CT molecular complexity index is 1140. The van der Waals surface area contributed by atoms with Gasteiger partial charge in [0.25, 0.3) is 5.91 Å². The van der Waals surface area contributed by atoms with Crippen LogP contribution in [0.15, 0.2) is 52.1 Å². The second-order valence-corrected chi connectivity index (χ2v) is 8.60. The Balaban J connectivity index is 1.58. The van der Waals surface area contributed by atoms with Gasteiger partial charge in [-0.05, 0) is 43.3 Å². The number of carbonyl (C=O) groups excluding carboxylic acids is 2. The fourth-order valence-electron chi connectivity index (χ4n) is 3.01. The molecule has 2 aromatic carbocycles. The number of carbonyl (C=O) groups is 2. The quantitative estimate of drug-likeness (QED) is 0.382. The molecule has 11 heteroatoms. The lowest BCUT2D eigenvalue weighted by Crippen LogP contribution is -2.25. The van der Waals surface area contributed by atoms with Crippen LogP contribution < -0.4 is 20.1 Å². The number of hydrogen-bond acceptors (Lipinski definition) is 7. The first-order valence-corrected chi connectivity index (χ1v) is 11.8. The van der Waals surface area contributed by atoms with E-state index >= 15 is 0 Å². The first-order chi connectivity index (χ1) is 15.9. The molecule has 1 heterocycles. The van der Waals surface area contributed by atoms with Gasteiger partial charge in [0, 0.05) is 22.3 Å². The molecule has 0 bridgehead atoms. The lowest BCUT2D eigenvalue weighted by atomic mass is 10.2. The van der Waals surface area contributed by atoms with Crippen molar-refractivity contribution in [2.45, 2.75) is 25.2 Å². The average molecular weight is 534 g/mol. The SMILES string of the molecule is CCn1c(CNC(=O)c2ccc(OC)c(OC)c2)nnc1SCC(=O)Nc1cccc(Br)c1. The zero-order valence-corrected chi connectivity index (χ0v) is 20.8. The van der Waals surface area contributed by atoms with Gasteiger partial charge < -0.3 is 24.7 Å². The van der Waals surface area contributed by atoms with Crippen LogP contribution >= 0.6 is 27.7 Å². The third-order valence-electron chi connectivity index (χ3n) is 4.60. The molecule has 0 aliphatic heterocycles. The summed E-state index contributed by atoms with van der Waals surface area (Å²) in [6, 6.07) is 12.3. The van der Waals surface area contributed by atoms with Crippen molar-refractivity contribution in [1.82, 2.24) is 20.1 Å². The topological polar surface area (TPSA) is 107 Å². The van der Waals surface area contributed by atoms with Gasteiger partial charge in [0.15, 0.2) is 22.5 Å². The number of hydrogen-bond donors (Lipinski definition) is 2. The van der Waals surface area contributed by atoms with Gasteiger partial charge in [-0.3, -0.25) is 9.59 Å². The molecule has 3 rings (SSSR count). The number of rotatable bonds is 10. The molecule has 0 aliphatic rings. The van der Waals surface area contributed by atoms with Crippen LogP contribution in [0.4, 0.5) is 5.69 Å². The highest BCUT2D eigenvalue weighted by Gasteiger charge is 2.16. The molecule has 0 spiro atoms. The zero-order valence-electron chi connectivity index (χ0n) is 18.4. The van der Waals surface area contributed by atoms with Gasteiger partial charge in [-0.25, -0.2) is 0 Å². The lowest BCUT2D eigenvalue weighted by Gasteiger charge is -2.11. The van der Waals surface area contributed by atoms with E-state index in [2.05, 4.69) is 36.8 Å². The summed E-state index contributed by atoms with van der Waals surface area (Å²) in [5.41, 5.74) is 1.15. The third kappa shape index (κ3) is 6.48. The van der Waals surface area contributed by atoms with Crippen LogP contribution in [0.1, 0.15) is 23.1 Å². The van der Waals surface area contributed by atoms with Crippen LogP contribution in [0, 0.1) is 0 Å². The molecular weight excluding hydrogens is 510 g/mol. The molecule has 0 saturated heterocycles. The highest BCUT2D eigenvalue weighted by Crippen LogP contribution is 2.27. The van der Waals surface area contributed by atoms with Crippen molar-refractivity contribution in [3.63, 3.8) is 0 Å². The van der Waals surface area contributed by atoms with Crippen molar-refractivity contribution in [3.05, 3.63) is 58.3 Å². The lowest BCUT2D eigenvalue weighted by molar-refractivity contribution is -0.113. The van der Waals surface area contributed by atoms with E-state index in [9.17, 15) is 9.59 Å². The van der Waals surface area contributed by atoms with E-state index < -0.39 is 0 Å². The molecule has 9 nitrogen and oxygen atoms in total. The van der Waals surface area contributed by atoms with Gasteiger partial charge in [0.05, 0.1) is 26.5 Å². The molecule has 0 atom stereocenters. The molecule has 0 fully saturated rings. The predicted octanol–water partition coefficient (Wildman–Crippen LogP) is 3.74. The number of nitrogens with zero attached hydrogens (tertiary/aromatic N) is 3. The van der Waals surface area contributed by atoms with Crippen LogP contribution in [-0.4, -0.2) is 46.6 Å². The first kappa shape index (κ1) is 24.6. The number of ether oxygens (including phenoxy) is 2. The van der Waals surface area contributed by atoms with Gasteiger partial charge in [0.1, 0.15) is 0 Å². The predicted molar refractivity (Wildman–Crippen MR) is 130 cm³/mol. The molecule has 1 aromatic heterocycles. The molecule has 0 radical (unpaired) electrons. The summed E-state index contributed by atoms with van der Waals surface area (Å²) >= 11 is 4.67. The summed E-state index contributed by atoms with van der Waals surface area (Å²) in [7, 11) is 3.05. The second kappa shape index (κ2) is 11.7. The Kier molecular flexibility index (Phi) is 8.72. The van der Waals surface area contributed by atoms with Crippen LogP contribution in [0.3, 0.4) is 0 Å². The third-order valence-corrected chi connectivity index (χ3v) is 6.06. The molecule has 3 aromatic rings. The van der Waals surface area contributed by atoms with Crippen molar-refractivity contribution in [2.24, 2.45) is 0 Å². The maximum Gasteiger partial charge on any atom is 0.251 e. The summed E-state index contributed by atoms with van der Waals surface area (Å²) in [6.07, 6.45) is 0. The highest BCUT2D eigenvalue weighted by atomic mass is 79.9. The normalized spacial score (nSPS) is 10.5. The van der Waals surface area contributed by atoms with E-state index in [1.165, 1.54) is 26.0 Å². The van der Waals surface area contributed by atoms with E-state index in [0.717, 1.165) is 4.47 Å². The maximum atomic E-state index is 12.6. The average Bonchev–Trinajstić information content (AvgIpc) is 3.22. The Morgan fingerprint density at radius 1 is 1.09 bits per heavy atom. The number of nitrogens with one attached hydrogen (secondary N) is 2. The van der Waals surface area contributed by atoms with Gasteiger partial charge in [-0.15, -0.1) is 10.2 Å². The van der Waals surface area contributed by atoms with E-state index in [1.807, 2.05) is 35.8 Å². The number of halogens is 1. The second-order valence-electron chi connectivity index (χ2n) is 6.74. The van der Waals surface area contributed by atoms with Crippen molar-refractivity contribution < 1.29 is 19.1 Å². The number of anilines is 1. The molecule has 2 N–H and O–H groups in total. The summed E-state index contributed by atoms with van der Waals surface area (Å²) in [6.45, 7) is 2.75. The minimum absolute atomic E-state index is 0.146. The fraction of sp³-hybridized carbons (Fsp3) is 0.273. The molecule has 0 aliphatic carbocycles. The number of benzene rings is 2. The number of thioether (sulfide) groups is 1. The van der Waals surface area contributed by atoms with E-state index in [1.54, 1.807) is 18.2 Å². The van der Waals surface area contributed by atoms with Gasteiger partial charge in [-0.2, -0.15) is 0 Å². The molecule has 0 saturated carbocycles. The summed E-state index contributed by atoms with van der Waals surface area (Å²) in [5, 5.41) is 14.7. The summed E-state index contributed by atoms with van der Waals surface area (Å²) in [5.74, 6) is 1.38. The Hall–Kier alpha value is -3.05. The van der Waals surface area contributed by atoms with Crippen LogP contribution in [-0.2, 0) is 17.9 Å². The van der Waals surface area contributed by atoms with Gasteiger partial charge >= 0.3 is 0 Å². The van der Waals surface area contributed by atoms with Gasteiger partial charge in [0.2, 0.25) is 5.91 Å². The highest BCUT2D eigenvalue weighted by molar-refractivity contribution is 9.10. The Labute approximate surface area is 204 Å².